The van der Waals surface area contributed by atoms with Gasteiger partial charge in [-0.25, -0.2) is 0 Å². The predicted molar refractivity (Wildman–Crippen MR) is 52.6 cm³/mol. The fraction of sp³-hybridized carbons (Fsp3) is 0.800. The standard InChI is InChI=1S/C10H16S/c1-5-8(2)9-6-7-11-10(9,3)4/h1,8-9H,6-7H2,2-4H3. The van der Waals surface area contributed by atoms with E-state index in [0.717, 1.165) is 5.92 Å². The van der Waals surface area contributed by atoms with E-state index in [4.69, 9.17) is 6.42 Å². The molecule has 0 saturated carbocycles. The molecule has 1 aliphatic rings. The van der Waals surface area contributed by atoms with Crippen LogP contribution in [0.5, 0.6) is 0 Å². The molecule has 1 saturated heterocycles. The lowest BCUT2D eigenvalue weighted by molar-refractivity contribution is 0.362. The first kappa shape index (κ1) is 9.00. The number of hydrogen-bond donors (Lipinski definition) is 0. The Morgan fingerprint density at radius 2 is 2.27 bits per heavy atom. The van der Waals surface area contributed by atoms with Gasteiger partial charge in [0.25, 0.3) is 0 Å². The van der Waals surface area contributed by atoms with Gasteiger partial charge in [0.2, 0.25) is 0 Å². The van der Waals surface area contributed by atoms with E-state index in [1.807, 2.05) is 0 Å². The molecular formula is C10H16S. The average Bonchev–Trinajstić information content (AvgIpc) is 2.28. The van der Waals surface area contributed by atoms with Crippen molar-refractivity contribution in [3.63, 3.8) is 0 Å². The molecule has 62 valence electrons. The molecule has 1 heteroatoms. The van der Waals surface area contributed by atoms with Crippen LogP contribution < -0.4 is 0 Å². The number of thioether (sulfide) groups is 1. The van der Waals surface area contributed by atoms with Gasteiger partial charge >= 0.3 is 0 Å². The summed E-state index contributed by atoms with van der Waals surface area (Å²) in [6, 6.07) is 0. The van der Waals surface area contributed by atoms with Crippen molar-refractivity contribution in [3.8, 4) is 12.3 Å². The van der Waals surface area contributed by atoms with Gasteiger partial charge in [0, 0.05) is 10.7 Å². The number of rotatable bonds is 1. The number of hydrogen-bond acceptors (Lipinski definition) is 1. The van der Waals surface area contributed by atoms with Crippen molar-refractivity contribution in [2.75, 3.05) is 5.75 Å². The summed E-state index contributed by atoms with van der Waals surface area (Å²) in [5.74, 6) is 5.29. The normalized spacial score (nSPS) is 31.3. The highest BCUT2D eigenvalue weighted by Crippen LogP contribution is 2.45. The molecule has 1 rings (SSSR count). The molecule has 0 aromatic rings. The first-order chi connectivity index (χ1) is 5.08. The molecule has 0 aromatic carbocycles. The van der Waals surface area contributed by atoms with Gasteiger partial charge in [-0.3, -0.25) is 0 Å². The average molecular weight is 168 g/mol. The van der Waals surface area contributed by atoms with Gasteiger partial charge < -0.3 is 0 Å². The highest BCUT2D eigenvalue weighted by molar-refractivity contribution is 8.00. The lowest BCUT2D eigenvalue weighted by atomic mass is 9.83. The third kappa shape index (κ3) is 1.73. The van der Waals surface area contributed by atoms with Crippen LogP contribution in [0.3, 0.4) is 0 Å². The van der Waals surface area contributed by atoms with Gasteiger partial charge in [-0.1, -0.05) is 20.8 Å². The van der Waals surface area contributed by atoms with E-state index in [0.29, 0.717) is 10.7 Å². The molecule has 1 aliphatic heterocycles. The molecule has 0 aliphatic carbocycles. The van der Waals surface area contributed by atoms with E-state index in [-0.39, 0.29) is 0 Å². The van der Waals surface area contributed by atoms with E-state index >= 15 is 0 Å². The summed E-state index contributed by atoms with van der Waals surface area (Å²) >= 11 is 2.06. The summed E-state index contributed by atoms with van der Waals surface area (Å²) in [5.41, 5.74) is 0. The maximum Gasteiger partial charge on any atom is 0.0213 e. The van der Waals surface area contributed by atoms with Crippen LogP contribution in [0.2, 0.25) is 0 Å². The van der Waals surface area contributed by atoms with Crippen molar-refractivity contribution in [2.24, 2.45) is 11.8 Å². The quantitative estimate of drug-likeness (QED) is 0.543. The Morgan fingerprint density at radius 1 is 1.64 bits per heavy atom. The minimum absolute atomic E-state index is 0.409. The zero-order chi connectivity index (χ0) is 8.48. The van der Waals surface area contributed by atoms with Crippen molar-refractivity contribution in [1.82, 2.24) is 0 Å². The third-order valence-electron chi connectivity index (χ3n) is 2.66. The third-order valence-corrected chi connectivity index (χ3v) is 4.15. The molecule has 0 spiro atoms. The summed E-state index contributed by atoms with van der Waals surface area (Å²) in [6.07, 6.45) is 6.71. The first-order valence-electron chi connectivity index (χ1n) is 4.18. The van der Waals surface area contributed by atoms with Gasteiger partial charge in [0.05, 0.1) is 0 Å². The minimum atomic E-state index is 0.409. The van der Waals surface area contributed by atoms with Crippen LogP contribution in [0, 0.1) is 24.2 Å². The van der Waals surface area contributed by atoms with Gasteiger partial charge in [-0.15, -0.1) is 12.3 Å². The van der Waals surface area contributed by atoms with Crippen LogP contribution in [0.25, 0.3) is 0 Å². The Labute approximate surface area is 74.1 Å². The molecule has 0 N–H and O–H groups in total. The molecular weight excluding hydrogens is 152 g/mol. The summed E-state index contributed by atoms with van der Waals surface area (Å²) in [4.78, 5) is 0. The lowest BCUT2D eigenvalue weighted by Crippen LogP contribution is -2.26. The summed E-state index contributed by atoms with van der Waals surface area (Å²) in [7, 11) is 0. The second-order valence-corrected chi connectivity index (χ2v) is 5.55. The SMILES string of the molecule is C#CC(C)C1CCSC1(C)C. The lowest BCUT2D eigenvalue weighted by Gasteiger charge is -2.28. The molecule has 0 bridgehead atoms. The smallest absolute Gasteiger partial charge is 0.0213 e. The monoisotopic (exact) mass is 168 g/mol. The Balaban J connectivity index is 2.66. The first-order valence-corrected chi connectivity index (χ1v) is 5.16. The van der Waals surface area contributed by atoms with Crippen LogP contribution >= 0.6 is 11.8 Å². The second kappa shape index (κ2) is 3.11. The van der Waals surface area contributed by atoms with E-state index < -0.39 is 0 Å². The van der Waals surface area contributed by atoms with Gasteiger partial charge in [0.1, 0.15) is 0 Å². The Hall–Kier alpha value is -0.0900. The molecule has 0 nitrogen and oxygen atoms in total. The molecule has 1 heterocycles. The second-order valence-electron chi connectivity index (χ2n) is 3.80. The zero-order valence-electron chi connectivity index (χ0n) is 7.55. The maximum atomic E-state index is 5.41. The van der Waals surface area contributed by atoms with Crippen LogP contribution in [-0.2, 0) is 0 Å². The highest BCUT2D eigenvalue weighted by Gasteiger charge is 2.37. The molecule has 1 fully saturated rings. The predicted octanol–water partition coefficient (Wildman–Crippen LogP) is 2.79. The van der Waals surface area contributed by atoms with Gasteiger partial charge in [-0.05, 0) is 18.1 Å². The fourth-order valence-electron chi connectivity index (χ4n) is 1.87. The molecule has 2 unspecified atom stereocenters. The number of terminal acetylenes is 1. The highest BCUT2D eigenvalue weighted by atomic mass is 32.2. The topological polar surface area (TPSA) is 0 Å². The van der Waals surface area contributed by atoms with Gasteiger partial charge in [-0.2, -0.15) is 11.8 Å². The van der Waals surface area contributed by atoms with E-state index in [9.17, 15) is 0 Å². The van der Waals surface area contributed by atoms with Crippen LogP contribution in [0.15, 0.2) is 0 Å². The minimum Gasteiger partial charge on any atom is -0.155 e. The Bertz CT molecular complexity index is 176. The van der Waals surface area contributed by atoms with Crippen molar-refractivity contribution in [3.05, 3.63) is 0 Å². The van der Waals surface area contributed by atoms with Crippen molar-refractivity contribution < 1.29 is 0 Å². The molecule has 0 radical (unpaired) electrons. The molecule has 0 aromatic heterocycles. The molecule has 2 atom stereocenters. The maximum absolute atomic E-state index is 5.41. The summed E-state index contributed by atoms with van der Waals surface area (Å²) in [5, 5.41) is 0. The summed E-state index contributed by atoms with van der Waals surface area (Å²) in [6.45, 7) is 6.78. The fourth-order valence-corrected chi connectivity index (χ4v) is 3.31. The molecule has 0 amide bonds. The Morgan fingerprint density at radius 3 is 2.64 bits per heavy atom. The Kier molecular flexibility index (Phi) is 2.54. The van der Waals surface area contributed by atoms with Gasteiger partial charge in [0.15, 0.2) is 0 Å². The van der Waals surface area contributed by atoms with Crippen molar-refractivity contribution in [2.45, 2.75) is 31.9 Å². The van der Waals surface area contributed by atoms with E-state index in [1.54, 1.807) is 0 Å². The van der Waals surface area contributed by atoms with Crippen molar-refractivity contribution >= 4 is 11.8 Å². The van der Waals surface area contributed by atoms with Crippen molar-refractivity contribution in [1.29, 1.82) is 0 Å². The van der Waals surface area contributed by atoms with Crippen LogP contribution in [-0.4, -0.2) is 10.5 Å². The van der Waals surface area contributed by atoms with E-state index in [1.165, 1.54) is 12.2 Å². The zero-order valence-corrected chi connectivity index (χ0v) is 8.37. The molecule has 11 heavy (non-hydrogen) atoms. The van der Waals surface area contributed by atoms with Crippen LogP contribution in [0.4, 0.5) is 0 Å². The van der Waals surface area contributed by atoms with Crippen LogP contribution in [0.1, 0.15) is 27.2 Å². The largest absolute Gasteiger partial charge is 0.155 e. The summed E-state index contributed by atoms with van der Waals surface area (Å²) < 4.78 is 0.409. The van der Waals surface area contributed by atoms with E-state index in [2.05, 4.69) is 38.5 Å².